The van der Waals surface area contributed by atoms with Crippen molar-refractivity contribution >= 4 is 21.9 Å². The molecular formula is C21H33BrO3. The van der Waals surface area contributed by atoms with Crippen LogP contribution in [0, 0.1) is 0 Å². The largest absolute Gasteiger partial charge is 0.494 e. The molecule has 0 aromatic heterocycles. The van der Waals surface area contributed by atoms with Crippen LogP contribution < -0.4 is 4.74 Å². The van der Waals surface area contributed by atoms with E-state index in [0.717, 1.165) is 43.4 Å². The Bertz CT molecular complexity index is 445. The molecule has 0 radical (unpaired) electrons. The summed E-state index contributed by atoms with van der Waals surface area (Å²) in [5.41, 5.74) is 0.587. The number of hydrogen-bond acceptors (Lipinski definition) is 3. The number of halogens is 1. The number of rotatable bonds is 15. The van der Waals surface area contributed by atoms with Crippen molar-refractivity contribution < 1.29 is 14.3 Å². The van der Waals surface area contributed by atoms with Gasteiger partial charge in [-0.2, -0.15) is 0 Å². The SMILES string of the molecule is CCCCCCCCCOc1ccc(C(=O)OCCCCCBr)cc1. The van der Waals surface area contributed by atoms with Crippen molar-refractivity contribution in [2.75, 3.05) is 18.5 Å². The second-order valence-corrected chi connectivity index (χ2v) is 7.17. The highest BCUT2D eigenvalue weighted by Crippen LogP contribution is 2.14. The molecule has 0 saturated carbocycles. The summed E-state index contributed by atoms with van der Waals surface area (Å²) in [7, 11) is 0. The summed E-state index contributed by atoms with van der Waals surface area (Å²) in [6, 6.07) is 7.26. The second-order valence-electron chi connectivity index (χ2n) is 6.38. The van der Waals surface area contributed by atoms with Gasteiger partial charge in [0.15, 0.2) is 0 Å². The molecule has 0 spiro atoms. The second kappa shape index (κ2) is 15.2. The first-order valence-corrected chi connectivity index (χ1v) is 10.9. The highest BCUT2D eigenvalue weighted by Gasteiger charge is 2.07. The molecule has 0 aliphatic carbocycles. The zero-order chi connectivity index (χ0) is 18.2. The molecule has 0 aliphatic heterocycles. The molecule has 1 aromatic carbocycles. The molecule has 0 bridgehead atoms. The first kappa shape index (κ1) is 22.0. The first-order chi connectivity index (χ1) is 12.3. The van der Waals surface area contributed by atoms with E-state index < -0.39 is 0 Å². The van der Waals surface area contributed by atoms with E-state index in [1.54, 1.807) is 12.1 Å². The molecule has 142 valence electrons. The normalized spacial score (nSPS) is 10.6. The number of hydrogen-bond donors (Lipinski definition) is 0. The van der Waals surface area contributed by atoms with Gasteiger partial charge in [0.2, 0.25) is 0 Å². The molecule has 0 aliphatic rings. The van der Waals surface area contributed by atoms with Crippen LogP contribution in [0.3, 0.4) is 0 Å². The number of carbonyl (C=O) groups excluding carboxylic acids is 1. The van der Waals surface area contributed by atoms with Gasteiger partial charge in [-0.25, -0.2) is 4.79 Å². The van der Waals surface area contributed by atoms with Gasteiger partial charge in [0, 0.05) is 5.33 Å². The van der Waals surface area contributed by atoms with Gasteiger partial charge in [-0.3, -0.25) is 0 Å². The summed E-state index contributed by atoms with van der Waals surface area (Å²) in [5, 5.41) is 1.00. The van der Waals surface area contributed by atoms with E-state index >= 15 is 0 Å². The van der Waals surface area contributed by atoms with Crippen LogP contribution in [-0.2, 0) is 4.74 Å². The van der Waals surface area contributed by atoms with Gasteiger partial charge in [0.25, 0.3) is 0 Å². The maximum Gasteiger partial charge on any atom is 0.338 e. The lowest BCUT2D eigenvalue weighted by atomic mass is 10.1. The number of benzene rings is 1. The van der Waals surface area contributed by atoms with E-state index in [4.69, 9.17) is 9.47 Å². The number of alkyl halides is 1. The minimum Gasteiger partial charge on any atom is -0.494 e. The zero-order valence-electron chi connectivity index (χ0n) is 15.6. The molecule has 0 N–H and O–H groups in total. The van der Waals surface area contributed by atoms with Crippen LogP contribution in [0.25, 0.3) is 0 Å². The molecule has 25 heavy (non-hydrogen) atoms. The van der Waals surface area contributed by atoms with Gasteiger partial charge < -0.3 is 9.47 Å². The van der Waals surface area contributed by atoms with E-state index in [1.165, 1.54) is 38.5 Å². The monoisotopic (exact) mass is 412 g/mol. The number of esters is 1. The summed E-state index contributed by atoms with van der Waals surface area (Å²) >= 11 is 3.39. The van der Waals surface area contributed by atoms with E-state index in [1.807, 2.05) is 12.1 Å². The van der Waals surface area contributed by atoms with Crippen LogP contribution in [0.15, 0.2) is 24.3 Å². The van der Waals surface area contributed by atoms with Gasteiger partial charge in [0.1, 0.15) is 5.75 Å². The smallest absolute Gasteiger partial charge is 0.338 e. The summed E-state index contributed by atoms with van der Waals surface area (Å²) in [5.74, 6) is 0.567. The van der Waals surface area contributed by atoms with Crippen LogP contribution in [0.2, 0.25) is 0 Å². The van der Waals surface area contributed by atoms with Crippen LogP contribution in [-0.4, -0.2) is 24.5 Å². The van der Waals surface area contributed by atoms with Crippen molar-refractivity contribution in [1.82, 2.24) is 0 Å². The molecule has 0 amide bonds. The third kappa shape index (κ3) is 11.2. The average molecular weight is 413 g/mol. The molecule has 1 aromatic rings. The number of ether oxygens (including phenoxy) is 2. The Morgan fingerprint density at radius 1 is 0.840 bits per heavy atom. The minimum atomic E-state index is -0.252. The van der Waals surface area contributed by atoms with Gasteiger partial charge in [0.05, 0.1) is 18.8 Å². The van der Waals surface area contributed by atoms with Crippen molar-refractivity contribution in [3.63, 3.8) is 0 Å². The predicted octanol–water partition coefficient (Wildman–Crippen LogP) is 6.54. The van der Waals surface area contributed by atoms with Crippen molar-refractivity contribution in [2.24, 2.45) is 0 Å². The van der Waals surface area contributed by atoms with E-state index in [-0.39, 0.29) is 5.97 Å². The lowest BCUT2D eigenvalue weighted by Crippen LogP contribution is -2.06. The molecule has 0 atom stereocenters. The van der Waals surface area contributed by atoms with Crippen molar-refractivity contribution in [3.05, 3.63) is 29.8 Å². The predicted molar refractivity (Wildman–Crippen MR) is 108 cm³/mol. The van der Waals surface area contributed by atoms with Gasteiger partial charge >= 0.3 is 5.97 Å². The van der Waals surface area contributed by atoms with Crippen LogP contribution in [0.1, 0.15) is 81.5 Å². The molecule has 1 rings (SSSR count). The maximum absolute atomic E-state index is 11.9. The molecule has 0 heterocycles. The van der Waals surface area contributed by atoms with Crippen molar-refractivity contribution in [1.29, 1.82) is 0 Å². The summed E-state index contributed by atoms with van der Waals surface area (Å²) in [6.45, 7) is 3.47. The fraction of sp³-hybridized carbons (Fsp3) is 0.667. The van der Waals surface area contributed by atoms with Crippen molar-refractivity contribution in [3.8, 4) is 5.75 Å². The minimum absolute atomic E-state index is 0.252. The Morgan fingerprint density at radius 2 is 1.44 bits per heavy atom. The Labute approximate surface area is 161 Å². The Hall–Kier alpha value is -1.03. The number of carbonyl (C=O) groups is 1. The molecule has 0 saturated heterocycles. The highest BCUT2D eigenvalue weighted by atomic mass is 79.9. The topological polar surface area (TPSA) is 35.5 Å². The van der Waals surface area contributed by atoms with Gasteiger partial charge in [-0.05, 0) is 49.9 Å². The van der Waals surface area contributed by atoms with E-state index in [0.29, 0.717) is 12.2 Å². The fourth-order valence-electron chi connectivity index (χ4n) is 2.56. The van der Waals surface area contributed by atoms with Crippen LogP contribution in [0.4, 0.5) is 0 Å². The summed E-state index contributed by atoms with van der Waals surface area (Å²) < 4.78 is 11.0. The molecule has 4 heteroatoms. The zero-order valence-corrected chi connectivity index (χ0v) is 17.2. The van der Waals surface area contributed by atoms with Gasteiger partial charge in [-0.1, -0.05) is 61.4 Å². The van der Waals surface area contributed by atoms with E-state index in [9.17, 15) is 4.79 Å². The molecular weight excluding hydrogens is 380 g/mol. The Kier molecular flexibility index (Phi) is 13.4. The summed E-state index contributed by atoms with van der Waals surface area (Å²) in [6.07, 6.45) is 12.0. The van der Waals surface area contributed by atoms with Gasteiger partial charge in [-0.15, -0.1) is 0 Å². The molecule has 0 unspecified atom stereocenters. The Balaban J connectivity index is 2.13. The lowest BCUT2D eigenvalue weighted by molar-refractivity contribution is 0.0498. The fourth-order valence-corrected chi connectivity index (χ4v) is 2.95. The van der Waals surface area contributed by atoms with Crippen LogP contribution in [0.5, 0.6) is 5.75 Å². The van der Waals surface area contributed by atoms with Crippen molar-refractivity contribution in [2.45, 2.75) is 71.1 Å². The third-order valence-electron chi connectivity index (χ3n) is 4.12. The number of unbranched alkanes of at least 4 members (excludes halogenated alkanes) is 8. The van der Waals surface area contributed by atoms with Crippen LogP contribution >= 0.6 is 15.9 Å². The molecule has 3 nitrogen and oxygen atoms in total. The average Bonchev–Trinajstić information content (AvgIpc) is 2.64. The maximum atomic E-state index is 11.9. The molecule has 0 fully saturated rings. The first-order valence-electron chi connectivity index (χ1n) is 9.74. The lowest BCUT2D eigenvalue weighted by Gasteiger charge is -2.08. The quantitative estimate of drug-likeness (QED) is 0.186. The standard InChI is InChI=1S/C21H33BrO3/c1-2-3-4-5-6-7-10-17-24-20-14-12-19(13-15-20)21(23)25-18-11-8-9-16-22/h12-15H,2-11,16-18H2,1H3. The third-order valence-corrected chi connectivity index (χ3v) is 4.68. The van der Waals surface area contributed by atoms with E-state index in [2.05, 4.69) is 22.9 Å². The summed E-state index contributed by atoms with van der Waals surface area (Å²) in [4.78, 5) is 11.9. The highest BCUT2D eigenvalue weighted by molar-refractivity contribution is 9.09. The Morgan fingerprint density at radius 3 is 2.12 bits per heavy atom.